The van der Waals surface area contributed by atoms with Gasteiger partial charge in [0.05, 0.1) is 4.47 Å². The zero-order valence-electron chi connectivity index (χ0n) is 10.2. The Bertz CT molecular complexity index is 380. The van der Waals surface area contributed by atoms with Gasteiger partial charge in [-0.1, -0.05) is 31.9 Å². The van der Waals surface area contributed by atoms with Crippen LogP contribution in [0.2, 0.25) is 0 Å². The van der Waals surface area contributed by atoms with Gasteiger partial charge in [-0.2, -0.15) is 0 Å². The van der Waals surface area contributed by atoms with Crippen LogP contribution in [0.25, 0.3) is 0 Å². The Morgan fingerprint density at radius 2 is 2.24 bits per heavy atom. The van der Waals surface area contributed by atoms with E-state index >= 15 is 0 Å². The van der Waals surface area contributed by atoms with Gasteiger partial charge in [-0.3, -0.25) is 0 Å². The Labute approximate surface area is 111 Å². The van der Waals surface area contributed by atoms with Crippen molar-refractivity contribution in [1.82, 2.24) is 5.32 Å². The van der Waals surface area contributed by atoms with Gasteiger partial charge in [0.1, 0.15) is 5.82 Å². The highest BCUT2D eigenvalue weighted by Gasteiger charge is 2.22. The number of hydrogen-bond donors (Lipinski definition) is 1. The van der Waals surface area contributed by atoms with Crippen LogP contribution in [-0.4, -0.2) is 6.54 Å². The van der Waals surface area contributed by atoms with Crippen molar-refractivity contribution in [2.45, 2.75) is 32.7 Å². The van der Waals surface area contributed by atoms with Crippen LogP contribution in [0.15, 0.2) is 22.7 Å². The van der Waals surface area contributed by atoms with Crippen LogP contribution in [0, 0.1) is 17.7 Å². The summed E-state index contributed by atoms with van der Waals surface area (Å²) in [5.41, 5.74) is 0.996. The quantitative estimate of drug-likeness (QED) is 0.882. The van der Waals surface area contributed by atoms with E-state index in [1.165, 1.54) is 25.3 Å². The van der Waals surface area contributed by atoms with E-state index in [2.05, 4.69) is 28.2 Å². The standard InChI is InChI=1S/C14H19BrFN/c1-10-4-2-5-11(10)8-17-9-12-6-3-7-13(16)14(12)15/h3,6-7,10-11,17H,2,4-5,8-9H2,1H3. The van der Waals surface area contributed by atoms with Crippen molar-refractivity contribution in [3.8, 4) is 0 Å². The summed E-state index contributed by atoms with van der Waals surface area (Å²) < 4.78 is 13.9. The monoisotopic (exact) mass is 299 g/mol. The molecule has 2 atom stereocenters. The number of benzene rings is 1. The fraction of sp³-hybridized carbons (Fsp3) is 0.571. The Morgan fingerprint density at radius 3 is 2.94 bits per heavy atom. The normalized spacial score (nSPS) is 24.2. The molecule has 1 aliphatic carbocycles. The van der Waals surface area contributed by atoms with E-state index in [1.54, 1.807) is 6.07 Å². The lowest BCUT2D eigenvalue weighted by atomic mass is 9.98. The van der Waals surface area contributed by atoms with Crippen molar-refractivity contribution < 1.29 is 4.39 Å². The van der Waals surface area contributed by atoms with E-state index in [4.69, 9.17) is 0 Å². The maximum atomic E-state index is 13.3. The third-order valence-corrected chi connectivity index (χ3v) is 4.68. The molecule has 1 fully saturated rings. The molecule has 17 heavy (non-hydrogen) atoms. The van der Waals surface area contributed by atoms with Gasteiger partial charge in [0.2, 0.25) is 0 Å². The molecule has 0 saturated heterocycles. The van der Waals surface area contributed by atoms with E-state index < -0.39 is 0 Å². The highest BCUT2D eigenvalue weighted by Crippen LogP contribution is 2.30. The van der Waals surface area contributed by atoms with E-state index in [9.17, 15) is 4.39 Å². The molecule has 0 spiro atoms. The van der Waals surface area contributed by atoms with Gasteiger partial charge in [0, 0.05) is 6.54 Å². The second kappa shape index (κ2) is 5.96. The molecule has 1 saturated carbocycles. The van der Waals surface area contributed by atoms with Gasteiger partial charge in [0.15, 0.2) is 0 Å². The van der Waals surface area contributed by atoms with E-state index in [0.29, 0.717) is 4.47 Å². The predicted octanol–water partition coefficient (Wildman–Crippen LogP) is 4.11. The minimum Gasteiger partial charge on any atom is -0.312 e. The van der Waals surface area contributed by atoms with E-state index in [1.807, 2.05) is 6.07 Å². The lowest BCUT2D eigenvalue weighted by Gasteiger charge is -2.16. The second-order valence-electron chi connectivity index (χ2n) is 5.01. The second-order valence-corrected chi connectivity index (χ2v) is 5.81. The van der Waals surface area contributed by atoms with Gasteiger partial charge in [-0.25, -0.2) is 4.39 Å². The SMILES string of the molecule is CC1CCCC1CNCc1cccc(F)c1Br. The molecule has 1 aromatic rings. The Kier molecular flexibility index (Phi) is 4.57. The fourth-order valence-corrected chi connectivity index (χ4v) is 3.01. The van der Waals surface area contributed by atoms with Crippen molar-refractivity contribution in [1.29, 1.82) is 0 Å². The molecular weight excluding hydrogens is 281 g/mol. The maximum Gasteiger partial charge on any atom is 0.137 e. The number of rotatable bonds is 4. The van der Waals surface area contributed by atoms with E-state index in [0.717, 1.165) is 30.5 Å². The van der Waals surface area contributed by atoms with Crippen molar-refractivity contribution in [2.24, 2.45) is 11.8 Å². The Morgan fingerprint density at radius 1 is 1.41 bits per heavy atom. The maximum absolute atomic E-state index is 13.3. The van der Waals surface area contributed by atoms with Crippen LogP contribution in [0.3, 0.4) is 0 Å². The van der Waals surface area contributed by atoms with Gasteiger partial charge in [-0.15, -0.1) is 0 Å². The summed E-state index contributed by atoms with van der Waals surface area (Å²) in [5, 5.41) is 3.45. The van der Waals surface area contributed by atoms with Crippen molar-refractivity contribution in [2.75, 3.05) is 6.54 Å². The Hall–Kier alpha value is -0.410. The highest BCUT2D eigenvalue weighted by atomic mass is 79.9. The molecule has 1 aromatic carbocycles. The minimum atomic E-state index is -0.182. The summed E-state index contributed by atoms with van der Waals surface area (Å²) in [6.45, 7) is 4.11. The van der Waals surface area contributed by atoms with Gasteiger partial charge in [-0.05, 0) is 52.4 Å². The molecular formula is C14H19BrFN. The van der Waals surface area contributed by atoms with Crippen molar-refractivity contribution in [3.05, 3.63) is 34.1 Å². The molecule has 2 rings (SSSR count). The highest BCUT2D eigenvalue weighted by molar-refractivity contribution is 9.10. The number of hydrogen-bond acceptors (Lipinski definition) is 1. The smallest absolute Gasteiger partial charge is 0.137 e. The molecule has 0 bridgehead atoms. The summed E-state index contributed by atoms with van der Waals surface area (Å²) in [6.07, 6.45) is 4.05. The predicted molar refractivity (Wildman–Crippen MR) is 72.3 cm³/mol. The van der Waals surface area contributed by atoms with Crippen LogP contribution in [-0.2, 0) is 6.54 Å². The van der Waals surface area contributed by atoms with Crippen LogP contribution < -0.4 is 5.32 Å². The van der Waals surface area contributed by atoms with E-state index in [-0.39, 0.29) is 5.82 Å². The fourth-order valence-electron chi connectivity index (χ4n) is 2.60. The summed E-state index contributed by atoms with van der Waals surface area (Å²) in [5.74, 6) is 1.44. The average Bonchev–Trinajstić information content (AvgIpc) is 2.71. The summed E-state index contributed by atoms with van der Waals surface area (Å²) in [4.78, 5) is 0. The molecule has 1 nitrogen and oxygen atoms in total. The Balaban J connectivity index is 1.84. The average molecular weight is 300 g/mol. The lowest BCUT2D eigenvalue weighted by Crippen LogP contribution is -2.24. The van der Waals surface area contributed by atoms with Gasteiger partial charge in [0.25, 0.3) is 0 Å². The van der Waals surface area contributed by atoms with Crippen molar-refractivity contribution >= 4 is 15.9 Å². The third kappa shape index (κ3) is 3.29. The first-order valence-corrected chi connectivity index (χ1v) is 7.11. The summed E-state index contributed by atoms with van der Waals surface area (Å²) >= 11 is 3.29. The van der Waals surface area contributed by atoms with Crippen LogP contribution >= 0.6 is 15.9 Å². The van der Waals surface area contributed by atoms with Gasteiger partial charge < -0.3 is 5.32 Å². The number of nitrogens with one attached hydrogen (secondary N) is 1. The van der Waals surface area contributed by atoms with Gasteiger partial charge >= 0.3 is 0 Å². The first kappa shape index (κ1) is 13.0. The largest absolute Gasteiger partial charge is 0.312 e. The molecule has 0 aromatic heterocycles. The first-order chi connectivity index (χ1) is 8.18. The van der Waals surface area contributed by atoms with Crippen molar-refractivity contribution in [3.63, 3.8) is 0 Å². The lowest BCUT2D eigenvalue weighted by molar-refractivity contribution is 0.391. The zero-order valence-corrected chi connectivity index (χ0v) is 11.8. The molecule has 3 heteroatoms. The molecule has 94 valence electrons. The summed E-state index contributed by atoms with van der Waals surface area (Å²) in [7, 11) is 0. The van der Waals surface area contributed by atoms with Crippen LogP contribution in [0.1, 0.15) is 31.7 Å². The molecule has 2 unspecified atom stereocenters. The molecule has 0 radical (unpaired) electrons. The molecule has 1 aliphatic rings. The van der Waals surface area contributed by atoms with Crippen LogP contribution in [0.5, 0.6) is 0 Å². The zero-order chi connectivity index (χ0) is 12.3. The minimum absolute atomic E-state index is 0.182. The topological polar surface area (TPSA) is 12.0 Å². The molecule has 1 N–H and O–H groups in total. The van der Waals surface area contributed by atoms with Crippen LogP contribution in [0.4, 0.5) is 4.39 Å². The molecule has 0 amide bonds. The molecule has 0 aliphatic heterocycles. The molecule has 0 heterocycles. The number of halogens is 2. The third-order valence-electron chi connectivity index (χ3n) is 3.79. The first-order valence-electron chi connectivity index (χ1n) is 6.32. The summed E-state index contributed by atoms with van der Waals surface area (Å²) in [6, 6.07) is 5.19.